The van der Waals surface area contributed by atoms with Crippen molar-refractivity contribution in [1.29, 1.82) is 0 Å². The largest absolute Gasteiger partial charge is 0.465 e. The topological polar surface area (TPSA) is 105 Å². The lowest BCUT2D eigenvalue weighted by atomic mass is 9.81. The minimum Gasteiger partial charge on any atom is -0.465 e. The lowest BCUT2D eigenvalue weighted by molar-refractivity contribution is -0.183. The van der Waals surface area contributed by atoms with E-state index in [-0.39, 0.29) is 31.1 Å². The maximum atomic E-state index is 12.6. The number of benzene rings is 1. The standard InChI is InChI=1S/C20H23ClO8/c1-5-26-17(23)20(18(24)27-6-2,19(25)28-7-3)12-13(4)16(22)29-15-10-8-14(21)9-11-15/h8-11H,4-7,12H2,1-3H3. The molecule has 0 aliphatic rings. The predicted molar refractivity (Wildman–Crippen MR) is 103 cm³/mol. The van der Waals surface area contributed by atoms with Crippen molar-refractivity contribution < 1.29 is 38.1 Å². The molecule has 8 nitrogen and oxygen atoms in total. The van der Waals surface area contributed by atoms with Crippen molar-refractivity contribution in [3.63, 3.8) is 0 Å². The quantitative estimate of drug-likeness (QED) is 0.185. The molecule has 0 atom stereocenters. The fourth-order valence-electron chi connectivity index (χ4n) is 2.30. The van der Waals surface area contributed by atoms with E-state index in [9.17, 15) is 19.2 Å². The van der Waals surface area contributed by atoms with Crippen LogP contribution in [-0.4, -0.2) is 43.7 Å². The molecule has 1 aromatic rings. The van der Waals surface area contributed by atoms with Crippen LogP contribution in [0.3, 0.4) is 0 Å². The van der Waals surface area contributed by atoms with Crippen molar-refractivity contribution in [3.8, 4) is 5.75 Å². The third-order valence-electron chi connectivity index (χ3n) is 3.66. The SMILES string of the molecule is C=C(CC(C(=O)OCC)(C(=O)OCC)C(=O)OCC)C(=O)Oc1ccc(Cl)cc1. The molecule has 0 aliphatic heterocycles. The summed E-state index contributed by atoms with van der Waals surface area (Å²) >= 11 is 5.78. The van der Waals surface area contributed by atoms with Crippen LogP contribution in [0.5, 0.6) is 5.75 Å². The van der Waals surface area contributed by atoms with Gasteiger partial charge in [0.15, 0.2) is 0 Å². The minimum absolute atomic E-state index is 0.110. The van der Waals surface area contributed by atoms with Gasteiger partial charge in [0.1, 0.15) is 5.75 Å². The lowest BCUT2D eigenvalue weighted by Gasteiger charge is -2.27. The molecule has 0 bridgehead atoms. The summed E-state index contributed by atoms with van der Waals surface area (Å²) < 4.78 is 19.9. The van der Waals surface area contributed by atoms with Gasteiger partial charge in [0.25, 0.3) is 5.41 Å². The molecular weight excluding hydrogens is 404 g/mol. The molecule has 0 amide bonds. The van der Waals surface area contributed by atoms with Crippen molar-refractivity contribution in [1.82, 2.24) is 0 Å². The Labute approximate surface area is 173 Å². The summed E-state index contributed by atoms with van der Waals surface area (Å²) in [4.78, 5) is 50.3. The molecule has 0 aliphatic carbocycles. The van der Waals surface area contributed by atoms with Crippen molar-refractivity contribution in [3.05, 3.63) is 41.4 Å². The normalized spacial score (nSPS) is 10.6. The molecule has 1 aromatic carbocycles. The highest BCUT2D eigenvalue weighted by Crippen LogP contribution is 2.32. The van der Waals surface area contributed by atoms with Crippen LogP contribution in [0.2, 0.25) is 5.02 Å². The molecule has 0 saturated heterocycles. The number of ether oxygens (including phenoxy) is 4. The Hall–Kier alpha value is -2.87. The van der Waals surface area contributed by atoms with Gasteiger partial charge in [-0.3, -0.25) is 14.4 Å². The van der Waals surface area contributed by atoms with Gasteiger partial charge in [0.05, 0.1) is 19.8 Å². The minimum atomic E-state index is -2.53. The Bertz CT molecular complexity index is 724. The van der Waals surface area contributed by atoms with Crippen molar-refractivity contribution in [2.24, 2.45) is 5.41 Å². The zero-order chi connectivity index (χ0) is 22.0. The van der Waals surface area contributed by atoms with E-state index in [4.69, 9.17) is 30.5 Å². The van der Waals surface area contributed by atoms with Gasteiger partial charge in [0.2, 0.25) is 0 Å². The van der Waals surface area contributed by atoms with Gasteiger partial charge < -0.3 is 18.9 Å². The summed E-state index contributed by atoms with van der Waals surface area (Å²) in [5.74, 6) is -4.38. The fraction of sp³-hybridized carbons (Fsp3) is 0.400. The number of hydrogen-bond donors (Lipinski definition) is 0. The summed E-state index contributed by atoms with van der Waals surface area (Å²) in [6, 6.07) is 5.91. The Kier molecular flexibility index (Phi) is 9.34. The van der Waals surface area contributed by atoms with Crippen LogP contribution in [-0.2, 0) is 33.4 Å². The lowest BCUT2D eigenvalue weighted by Crippen LogP contribution is -2.50. The first-order chi connectivity index (χ1) is 13.7. The van der Waals surface area contributed by atoms with Crippen LogP contribution in [0.25, 0.3) is 0 Å². The molecule has 9 heteroatoms. The second-order valence-corrected chi connectivity index (χ2v) is 6.13. The van der Waals surface area contributed by atoms with Crippen molar-refractivity contribution in [2.75, 3.05) is 19.8 Å². The molecule has 0 radical (unpaired) electrons. The van der Waals surface area contributed by atoms with E-state index in [0.29, 0.717) is 5.02 Å². The van der Waals surface area contributed by atoms with Crippen LogP contribution in [0, 0.1) is 5.41 Å². The van der Waals surface area contributed by atoms with E-state index >= 15 is 0 Å². The predicted octanol–water partition coefficient (Wildman–Crippen LogP) is 2.87. The van der Waals surface area contributed by atoms with Gasteiger partial charge in [-0.2, -0.15) is 0 Å². The number of halogens is 1. The van der Waals surface area contributed by atoms with Gasteiger partial charge in [-0.15, -0.1) is 0 Å². The van der Waals surface area contributed by atoms with E-state index in [1.807, 2.05) is 0 Å². The van der Waals surface area contributed by atoms with Gasteiger partial charge in [-0.05, 0) is 45.0 Å². The van der Waals surface area contributed by atoms with E-state index in [1.54, 1.807) is 0 Å². The molecule has 1 rings (SSSR count). The average molecular weight is 427 g/mol. The molecule has 0 fully saturated rings. The summed E-state index contributed by atoms with van der Waals surface area (Å²) in [7, 11) is 0. The summed E-state index contributed by atoms with van der Waals surface area (Å²) in [5, 5.41) is 0.439. The fourth-order valence-corrected chi connectivity index (χ4v) is 2.43. The molecule has 158 valence electrons. The first-order valence-electron chi connectivity index (χ1n) is 8.90. The molecule has 0 spiro atoms. The monoisotopic (exact) mass is 426 g/mol. The van der Waals surface area contributed by atoms with E-state index < -0.39 is 35.7 Å². The van der Waals surface area contributed by atoms with E-state index in [0.717, 1.165) is 0 Å². The maximum absolute atomic E-state index is 12.6. The number of hydrogen-bond acceptors (Lipinski definition) is 8. The summed E-state index contributed by atoms with van der Waals surface area (Å²) in [6.45, 7) is 7.73. The number of carbonyl (C=O) groups is 4. The molecule has 0 N–H and O–H groups in total. The molecule has 29 heavy (non-hydrogen) atoms. The van der Waals surface area contributed by atoms with E-state index in [1.165, 1.54) is 45.0 Å². The third-order valence-corrected chi connectivity index (χ3v) is 3.92. The Morgan fingerprint density at radius 2 is 1.28 bits per heavy atom. The summed E-state index contributed by atoms with van der Waals surface area (Å²) in [6.07, 6.45) is -0.726. The van der Waals surface area contributed by atoms with Crippen LogP contribution in [0.4, 0.5) is 0 Å². The highest BCUT2D eigenvalue weighted by Gasteiger charge is 2.58. The first kappa shape index (κ1) is 24.2. The maximum Gasteiger partial charge on any atom is 0.338 e. The van der Waals surface area contributed by atoms with Crippen molar-refractivity contribution in [2.45, 2.75) is 27.2 Å². The second-order valence-electron chi connectivity index (χ2n) is 5.69. The molecular formula is C20H23ClO8. The Morgan fingerprint density at radius 3 is 1.66 bits per heavy atom. The molecule has 0 aromatic heterocycles. The smallest absolute Gasteiger partial charge is 0.338 e. The average Bonchev–Trinajstić information content (AvgIpc) is 2.68. The summed E-state index contributed by atoms with van der Waals surface area (Å²) in [5.41, 5.74) is -2.85. The number of esters is 4. The molecule has 0 saturated carbocycles. The zero-order valence-corrected chi connectivity index (χ0v) is 17.2. The van der Waals surface area contributed by atoms with Gasteiger partial charge in [-0.25, -0.2) is 4.79 Å². The van der Waals surface area contributed by atoms with Gasteiger partial charge >= 0.3 is 23.9 Å². The third kappa shape index (κ3) is 6.05. The zero-order valence-electron chi connectivity index (χ0n) is 16.5. The highest BCUT2D eigenvalue weighted by molar-refractivity contribution is 6.30. The van der Waals surface area contributed by atoms with Gasteiger partial charge in [-0.1, -0.05) is 18.2 Å². The molecule has 0 heterocycles. The number of rotatable bonds is 10. The number of carbonyl (C=O) groups excluding carboxylic acids is 4. The highest BCUT2D eigenvalue weighted by atomic mass is 35.5. The second kappa shape index (κ2) is 11.2. The van der Waals surface area contributed by atoms with E-state index in [2.05, 4.69) is 6.58 Å². The van der Waals surface area contributed by atoms with Crippen LogP contribution < -0.4 is 4.74 Å². The Morgan fingerprint density at radius 1 is 0.862 bits per heavy atom. The van der Waals surface area contributed by atoms with Crippen LogP contribution in [0.1, 0.15) is 27.2 Å². The van der Waals surface area contributed by atoms with Gasteiger partial charge in [0, 0.05) is 17.0 Å². The first-order valence-corrected chi connectivity index (χ1v) is 9.27. The van der Waals surface area contributed by atoms with Crippen LogP contribution >= 0.6 is 11.6 Å². The Balaban J connectivity index is 3.21. The van der Waals surface area contributed by atoms with Crippen LogP contribution in [0.15, 0.2) is 36.4 Å². The molecule has 0 unspecified atom stereocenters. The van der Waals surface area contributed by atoms with Crippen molar-refractivity contribution >= 4 is 35.5 Å².